The summed E-state index contributed by atoms with van der Waals surface area (Å²) in [5.74, 6) is 0.659. The van der Waals surface area contributed by atoms with Gasteiger partial charge >= 0.3 is 0 Å². The Morgan fingerprint density at radius 1 is 0.935 bits per heavy atom. The molecule has 3 heteroatoms. The van der Waals surface area contributed by atoms with Gasteiger partial charge in [-0.25, -0.2) is 4.39 Å². The molecule has 0 aliphatic rings. The fourth-order valence-electron chi connectivity index (χ4n) is 4.12. The van der Waals surface area contributed by atoms with Crippen molar-refractivity contribution in [2.75, 3.05) is 13.2 Å². The zero-order chi connectivity index (χ0) is 23.7. The fraction of sp³-hybridized carbons (Fsp3) is 0.786. The van der Waals surface area contributed by atoms with Crippen molar-refractivity contribution in [3.8, 4) is 0 Å². The molecular weight excluding hydrogens is 387 g/mol. The number of halogens is 1. The van der Waals surface area contributed by atoms with Crippen LogP contribution in [0.25, 0.3) is 0 Å². The molecule has 0 fully saturated rings. The maximum Gasteiger partial charge on any atom is 0.222 e. The SMILES string of the molecule is CCC(OC(F)COCCc1ccccc1)C(C)(C)CCC(C)(C)CC(C)C(C)(C)C. The van der Waals surface area contributed by atoms with Gasteiger partial charge in [-0.15, -0.1) is 0 Å². The van der Waals surface area contributed by atoms with Crippen molar-refractivity contribution in [2.24, 2.45) is 22.2 Å². The lowest BCUT2D eigenvalue weighted by Gasteiger charge is -2.39. The molecule has 0 aromatic heterocycles. The van der Waals surface area contributed by atoms with Crippen molar-refractivity contribution in [3.63, 3.8) is 0 Å². The summed E-state index contributed by atoms with van der Waals surface area (Å²) in [5, 5.41) is 0. The lowest BCUT2D eigenvalue weighted by molar-refractivity contribution is -0.156. The number of ether oxygens (including phenoxy) is 2. The molecule has 3 unspecified atom stereocenters. The average molecular weight is 437 g/mol. The number of hydrogen-bond donors (Lipinski definition) is 0. The van der Waals surface area contributed by atoms with Gasteiger partial charge in [-0.05, 0) is 59.8 Å². The molecule has 0 aliphatic carbocycles. The van der Waals surface area contributed by atoms with Gasteiger partial charge in [-0.2, -0.15) is 0 Å². The van der Waals surface area contributed by atoms with Crippen LogP contribution < -0.4 is 0 Å². The highest BCUT2D eigenvalue weighted by atomic mass is 19.1. The molecule has 0 bridgehead atoms. The summed E-state index contributed by atoms with van der Waals surface area (Å²) in [6, 6.07) is 10.1. The van der Waals surface area contributed by atoms with E-state index in [0.29, 0.717) is 17.9 Å². The van der Waals surface area contributed by atoms with E-state index >= 15 is 0 Å². The van der Waals surface area contributed by atoms with E-state index in [9.17, 15) is 4.39 Å². The molecule has 0 heterocycles. The summed E-state index contributed by atoms with van der Waals surface area (Å²) >= 11 is 0. The molecule has 0 aliphatic heterocycles. The first-order valence-electron chi connectivity index (χ1n) is 12.2. The molecule has 0 amide bonds. The molecule has 0 N–H and O–H groups in total. The summed E-state index contributed by atoms with van der Waals surface area (Å²) in [5.41, 5.74) is 1.71. The molecule has 0 saturated heterocycles. The van der Waals surface area contributed by atoms with Crippen LogP contribution in [0.15, 0.2) is 30.3 Å². The minimum Gasteiger partial charge on any atom is -0.376 e. The Bertz CT molecular complexity index is 603. The highest BCUT2D eigenvalue weighted by Gasteiger charge is 2.34. The third-order valence-electron chi connectivity index (χ3n) is 6.96. The van der Waals surface area contributed by atoms with Crippen molar-refractivity contribution < 1.29 is 13.9 Å². The molecule has 2 nitrogen and oxygen atoms in total. The molecule has 0 spiro atoms. The molecule has 1 aromatic rings. The van der Waals surface area contributed by atoms with Gasteiger partial charge in [0.2, 0.25) is 6.36 Å². The minimum atomic E-state index is -1.38. The number of hydrogen-bond acceptors (Lipinski definition) is 2. The minimum absolute atomic E-state index is 0.00595. The normalized spacial score (nSPS) is 16.2. The van der Waals surface area contributed by atoms with E-state index in [1.165, 1.54) is 12.0 Å². The van der Waals surface area contributed by atoms with E-state index in [-0.39, 0.29) is 23.5 Å². The van der Waals surface area contributed by atoms with Crippen LogP contribution in [0, 0.1) is 22.2 Å². The van der Waals surface area contributed by atoms with Crippen LogP contribution in [0.4, 0.5) is 4.39 Å². The first-order valence-corrected chi connectivity index (χ1v) is 12.2. The highest BCUT2D eigenvalue weighted by molar-refractivity contribution is 5.14. The Hall–Kier alpha value is -0.930. The second-order valence-corrected chi connectivity index (χ2v) is 11.9. The van der Waals surface area contributed by atoms with E-state index in [0.717, 1.165) is 25.7 Å². The van der Waals surface area contributed by atoms with E-state index < -0.39 is 6.36 Å². The van der Waals surface area contributed by atoms with Gasteiger partial charge in [0.15, 0.2) is 0 Å². The van der Waals surface area contributed by atoms with Crippen LogP contribution in [-0.2, 0) is 15.9 Å². The zero-order valence-electron chi connectivity index (χ0n) is 21.8. The molecule has 3 atom stereocenters. The molecule has 1 aromatic carbocycles. The van der Waals surface area contributed by atoms with Crippen molar-refractivity contribution in [1.29, 1.82) is 0 Å². The third kappa shape index (κ3) is 11.0. The monoisotopic (exact) mass is 436 g/mol. The van der Waals surface area contributed by atoms with Gasteiger partial charge in [0.1, 0.15) is 6.61 Å². The topological polar surface area (TPSA) is 18.5 Å². The summed E-state index contributed by atoms with van der Waals surface area (Å²) in [6.45, 7) is 21.1. The van der Waals surface area contributed by atoms with Gasteiger partial charge in [-0.1, -0.05) is 92.6 Å². The molecular formula is C28H49FO2. The predicted molar refractivity (Wildman–Crippen MR) is 131 cm³/mol. The average Bonchev–Trinajstić information content (AvgIpc) is 2.68. The van der Waals surface area contributed by atoms with Crippen LogP contribution in [-0.4, -0.2) is 25.7 Å². The second kappa shape index (κ2) is 12.3. The lowest BCUT2D eigenvalue weighted by atomic mass is 9.68. The first kappa shape index (κ1) is 28.1. The highest BCUT2D eigenvalue weighted by Crippen LogP contribution is 2.42. The Balaban J connectivity index is 2.47. The van der Waals surface area contributed by atoms with Crippen LogP contribution in [0.2, 0.25) is 0 Å². The van der Waals surface area contributed by atoms with E-state index in [1.54, 1.807) is 0 Å². The van der Waals surface area contributed by atoms with Gasteiger partial charge in [0.05, 0.1) is 12.7 Å². The fourth-order valence-corrected chi connectivity index (χ4v) is 4.12. The van der Waals surface area contributed by atoms with Gasteiger partial charge in [-0.3, -0.25) is 0 Å². The smallest absolute Gasteiger partial charge is 0.222 e. The molecule has 0 saturated carbocycles. The van der Waals surface area contributed by atoms with Crippen LogP contribution in [0.1, 0.15) is 93.6 Å². The molecule has 1 rings (SSSR count). The summed E-state index contributed by atoms with van der Waals surface area (Å²) < 4.78 is 25.9. The van der Waals surface area contributed by atoms with Crippen molar-refractivity contribution in [2.45, 2.75) is 107 Å². The predicted octanol–water partition coefficient (Wildman–Crippen LogP) is 8.24. The second-order valence-electron chi connectivity index (χ2n) is 11.9. The zero-order valence-corrected chi connectivity index (χ0v) is 21.8. The van der Waals surface area contributed by atoms with Gasteiger partial charge in [0, 0.05) is 0 Å². The maximum absolute atomic E-state index is 14.5. The van der Waals surface area contributed by atoms with Gasteiger partial charge in [0.25, 0.3) is 0 Å². The van der Waals surface area contributed by atoms with Crippen molar-refractivity contribution in [3.05, 3.63) is 35.9 Å². The molecule has 31 heavy (non-hydrogen) atoms. The van der Waals surface area contributed by atoms with Crippen LogP contribution in [0.3, 0.4) is 0 Å². The van der Waals surface area contributed by atoms with E-state index in [4.69, 9.17) is 9.47 Å². The summed E-state index contributed by atoms with van der Waals surface area (Å²) in [7, 11) is 0. The van der Waals surface area contributed by atoms with Crippen molar-refractivity contribution >= 4 is 0 Å². The Morgan fingerprint density at radius 3 is 2.10 bits per heavy atom. The van der Waals surface area contributed by atoms with Crippen molar-refractivity contribution in [1.82, 2.24) is 0 Å². The lowest BCUT2D eigenvalue weighted by Crippen LogP contribution is -2.36. The maximum atomic E-state index is 14.5. The Labute approximate surface area is 192 Å². The van der Waals surface area contributed by atoms with Crippen LogP contribution in [0.5, 0.6) is 0 Å². The largest absolute Gasteiger partial charge is 0.376 e. The number of benzene rings is 1. The third-order valence-corrected chi connectivity index (χ3v) is 6.96. The van der Waals surface area contributed by atoms with Gasteiger partial charge < -0.3 is 9.47 Å². The Kier molecular flexibility index (Phi) is 11.2. The summed E-state index contributed by atoms with van der Waals surface area (Å²) in [6.07, 6.45) is 3.44. The number of alkyl halides is 1. The van der Waals surface area contributed by atoms with Crippen LogP contribution >= 0.6 is 0 Å². The molecule has 180 valence electrons. The summed E-state index contributed by atoms with van der Waals surface area (Å²) in [4.78, 5) is 0. The molecule has 0 radical (unpaired) electrons. The quantitative estimate of drug-likeness (QED) is 0.273. The van der Waals surface area contributed by atoms with E-state index in [2.05, 4.69) is 74.4 Å². The number of rotatable bonds is 14. The van der Waals surface area contributed by atoms with E-state index in [1.807, 2.05) is 18.2 Å². The Morgan fingerprint density at radius 2 is 1.55 bits per heavy atom. The standard InChI is InChI=1S/C28H49FO2/c1-10-24(31-25(29)21-30-19-16-23-14-12-11-13-15-23)28(8,9)18-17-27(6,7)20-22(2)26(3,4)5/h11-15,22,24-25H,10,16-21H2,1-9H3. The first-order chi connectivity index (χ1) is 14.3.